The number of nitrogens with zero attached hydrogens (tertiary/aromatic N) is 3. The summed E-state index contributed by atoms with van der Waals surface area (Å²) < 4.78 is 7.96. The summed E-state index contributed by atoms with van der Waals surface area (Å²) in [4.78, 5) is 4.81. The molecule has 4 aromatic rings. The van der Waals surface area contributed by atoms with Crippen molar-refractivity contribution >= 4 is 38.9 Å². The molecule has 0 bridgehead atoms. The standard InChI is InChI=1S/C25H27N3O/c1-15-11-21(16(2)25(12-15)29-6)28-17(3)26(4)23-14-22-19(13-24(23)28)18-9-7-8-10-20(18)27(22)5/h7-14,17H,1-6H3/t17-/m0/s1. The number of anilines is 3. The Bertz CT molecular complexity index is 1270. The Hall–Kier alpha value is -3.14. The Kier molecular flexibility index (Phi) is 3.82. The minimum atomic E-state index is 0.221. The zero-order valence-electron chi connectivity index (χ0n) is 17.9. The molecule has 0 radical (unpaired) electrons. The molecule has 1 atom stereocenters. The smallest absolute Gasteiger partial charge is 0.124 e. The summed E-state index contributed by atoms with van der Waals surface area (Å²) in [6.45, 7) is 6.54. The molecule has 2 heterocycles. The molecule has 4 heteroatoms. The Labute approximate surface area is 171 Å². The van der Waals surface area contributed by atoms with Crippen LogP contribution < -0.4 is 14.5 Å². The Balaban J connectivity index is 1.81. The first-order valence-electron chi connectivity index (χ1n) is 10.1. The fraction of sp³-hybridized carbons (Fsp3) is 0.280. The van der Waals surface area contributed by atoms with Crippen LogP contribution >= 0.6 is 0 Å². The maximum atomic E-state index is 5.66. The Morgan fingerprint density at radius 2 is 1.59 bits per heavy atom. The normalized spacial score (nSPS) is 16.1. The highest BCUT2D eigenvalue weighted by atomic mass is 16.5. The molecule has 0 saturated carbocycles. The number of benzene rings is 3. The van der Waals surface area contributed by atoms with Gasteiger partial charge < -0.3 is 19.1 Å². The van der Waals surface area contributed by atoms with Crippen molar-refractivity contribution in [1.29, 1.82) is 0 Å². The van der Waals surface area contributed by atoms with Gasteiger partial charge in [-0.25, -0.2) is 0 Å². The van der Waals surface area contributed by atoms with Gasteiger partial charge in [0, 0.05) is 41.6 Å². The van der Waals surface area contributed by atoms with Crippen molar-refractivity contribution in [1.82, 2.24) is 4.57 Å². The number of hydrogen-bond donors (Lipinski definition) is 0. The predicted octanol–water partition coefficient (Wildman–Crippen LogP) is 5.89. The molecule has 0 unspecified atom stereocenters. The van der Waals surface area contributed by atoms with E-state index in [1.54, 1.807) is 7.11 Å². The van der Waals surface area contributed by atoms with Gasteiger partial charge in [0.05, 0.1) is 24.0 Å². The Morgan fingerprint density at radius 3 is 2.34 bits per heavy atom. The minimum Gasteiger partial charge on any atom is -0.496 e. The zero-order chi connectivity index (χ0) is 20.4. The van der Waals surface area contributed by atoms with Crippen LogP contribution in [0.2, 0.25) is 0 Å². The molecule has 0 amide bonds. The largest absolute Gasteiger partial charge is 0.496 e. The van der Waals surface area contributed by atoms with Crippen molar-refractivity contribution in [2.24, 2.45) is 7.05 Å². The number of methoxy groups -OCH3 is 1. The fourth-order valence-electron chi connectivity index (χ4n) is 4.83. The van der Waals surface area contributed by atoms with E-state index in [0.717, 1.165) is 5.75 Å². The highest BCUT2D eigenvalue weighted by Crippen LogP contribution is 2.48. The number of rotatable bonds is 2. The highest BCUT2D eigenvalue weighted by Gasteiger charge is 2.34. The number of hydrogen-bond acceptors (Lipinski definition) is 3. The average molecular weight is 386 g/mol. The number of aromatic nitrogens is 1. The molecule has 0 N–H and O–H groups in total. The number of para-hydroxylation sites is 1. The van der Waals surface area contributed by atoms with Crippen molar-refractivity contribution in [3.63, 3.8) is 0 Å². The quantitative estimate of drug-likeness (QED) is 0.429. The monoisotopic (exact) mass is 385 g/mol. The molecular weight excluding hydrogens is 358 g/mol. The third-order valence-electron chi connectivity index (χ3n) is 6.54. The van der Waals surface area contributed by atoms with Gasteiger partial charge in [0.15, 0.2) is 0 Å². The lowest BCUT2D eigenvalue weighted by atomic mass is 10.1. The maximum Gasteiger partial charge on any atom is 0.124 e. The Morgan fingerprint density at radius 1 is 0.828 bits per heavy atom. The van der Waals surface area contributed by atoms with E-state index in [4.69, 9.17) is 4.74 Å². The summed E-state index contributed by atoms with van der Waals surface area (Å²) in [6, 6.07) is 17.7. The van der Waals surface area contributed by atoms with Crippen LogP contribution in [-0.4, -0.2) is 24.9 Å². The van der Waals surface area contributed by atoms with E-state index in [9.17, 15) is 0 Å². The van der Waals surface area contributed by atoms with Crippen LogP contribution in [0, 0.1) is 13.8 Å². The van der Waals surface area contributed by atoms with Gasteiger partial charge in [0.1, 0.15) is 11.9 Å². The molecule has 0 fully saturated rings. The van der Waals surface area contributed by atoms with E-state index >= 15 is 0 Å². The van der Waals surface area contributed by atoms with E-state index < -0.39 is 0 Å². The van der Waals surface area contributed by atoms with Crippen LogP contribution in [0.1, 0.15) is 18.1 Å². The van der Waals surface area contributed by atoms with E-state index in [1.165, 1.54) is 50.0 Å². The fourth-order valence-corrected chi connectivity index (χ4v) is 4.83. The maximum absolute atomic E-state index is 5.66. The summed E-state index contributed by atoms with van der Waals surface area (Å²) in [5.41, 5.74) is 8.63. The van der Waals surface area contributed by atoms with Crippen LogP contribution in [0.25, 0.3) is 21.8 Å². The molecular formula is C25H27N3O. The van der Waals surface area contributed by atoms with Crippen molar-refractivity contribution in [3.8, 4) is 5.75 Å². The molecule has 4 nitrogen and oxygen atoms in total. The molecule has 0 saturated heterocycles. The lowest BCUT2D eigenvalue weighted by Gasteiger charge is -2.30. The molecule has 0 aliphatic carbocycles. The van der Waals surface area contributed by atoms with Crippen molar-refractivity contribution in [3.05, 3.63) is 59.7 Å². The summed E-state index contributed by atoms with van der Waals surface area (Å²) in [5.74, 6) is 0.939. The average Bonchev–Trinajstić information content (AvgIpc) is 3.14. The third-order valence-corrected chi connectivity index (χ3v) is 6.54. The molecule has 1 aromatic heterocycles. The van der Waals surface area contributed by atoms with Gasteiger partial charge in [0.2, 0.25) is 0 Å². The van der Waals surface area contributed by atoms with Crippen molar-refractivity contribution < 1.29 is 4.74 Å². The molecule has 148 valence electrons. The van der Waals surface area contributed by atoms with Crippen molar-refractivity contribution in [2.75, 3.05) is 24.0 Å². The van der Waals surface area contributed by atoms with Crippen molar-refractivity contribution in [2.45, 2.75) is 26.9 Å². The molecule has 1 aliphatic heterocycles. The van der Waals surface area contributed by atoms with Gasteiger partial charge in [-0.3, -0.25) is 0 Å². The lowest BCUT2D eigenvalue weighted by molar-refractivity contribution is 0.411. The summed E-state index contributed by atoms with van der Waals surface area (Å²) in [6.07, 6.45) is 0.221. The molecule has 1 aliphatic rings. The summed E-state index contributed by atoms with van der Waals surface area (Å²) >= 11 is 0. The summed E-state index contributed by atoms with van der Waals surface area (Å²) in [5, 5.41) is 2.60. The van der Waals surface area contributed by atoms with Crippen LogP contribution in [0.5, 0.6) is 5.75 Å². The minimum absolute atomic E-state index is 0.221. The van der Waals surface area contributed by atoms with Gasteiger partial charge >= 0.3 is 0 Å². The molecule has 0 spiro atoms. The number of fused-ring (bicyclic) bond motifs is 4. The van der Waals surface area contributed by atoms with E-state index in [1.807, 2.05) is 0 Å². The lowest BCUT2D eigenvalue weighted by Crippen LogP contribution is -2.36. The van der Waals surface area contributed by atoms with Gasteiger partial charge in [-0.1, -0.05) is 18.2 Å². The number of aryl methyl sites for hydroxylation is 2. The van der Waals surface area contributed by atoms with Crippen LogP contribution in [0.15, 0.2) is 48.5 Å². The second kappa shape index (κ2) is 6.18. The topological polar surface area (TPSA) is 20.6 Å². The van der Waals surface area contributed by atoms with Gasteiger partial charge in [-0.05, 0) is 56.7 Å². The van der Waals surface area contributed by atoms with E-state index in [-0.39, 0.29) is 6.17 Å². The first-order chi connectivity index (χ1) is 13.9. The molecule has 3 aromatic carbocycles. The second-order valence-corrected chi connectivity index (χ2v) is 8.16. The van der Waals surface area contributed by atoms with Crippen LogP contribution in [-0.2, 0) is 7.05 Å². The first-order valence-corrected chi connectivity index (χ1v) is 10.1. The number of ether oxygens (including phenoxy) is 1. The van der Waals surface area contributed by atoms with Gasteiger partial charge in [0.25, 0.3) is 0 Å². The zero-order valence-corrected chi connectivity index (χ0v) is 17.9. The van der Waals surface area contributed by atoms with E-state index in [0.29, 0.717) is 0 Å². The first kappa shape index (κ1) is 17.9. The third kappa shape index (κ3) is 2.38. The second-order valence-electron chi connectivity index (χ2n) is 8.16. The van der Waals surface area contributed by atoms with Gasteiger partial charge in [-0.2, -0.15) is 0 Å². The summed E-state index contributed by atoms with van der Waals surface area (Å²) in [7, 11) is 6.09. The van der Waals surface area contributed by atoms with Gasteiger partial charge in [-0.15, -0.1) is 0 Å². The predicted molar refractivity (Wildman–Crippen MR) is 123 cm³/mol. The molecule has 29 heavy (non-hydrogen) atoms. The van der Waals surface area contributed by atoms with Crippen LogP contribution in [0.4, 0.5) is 17.1 Å². The SMILES string of the molecule is COc1cc(C)cc(N2c3cc4c5ccccc5n(C)c4cc3N(C)[C@@H]2C)c1C. The van der Waals surface area contributed by atoms with Crippen LogP contribution in [0.3, 0.4) is 0 Å². The molecule has 5 rings (SSSR count). The highest BCUT2D eigenvalue weighted by molar-refractivity contribution is 6.11. The van der Waals surface area contributed by atoms with E-state index in [2.05, 4.69) is 97.8 Å².